The second kappa shape index (κ2) is 7.52. The third-order valence-corrected chi connectivity index (χ3v) is 2.64. The highest BCUT2D eigenvalue weighted by Gasteiger charge is 2.03. The molecule has 0 aliphatic rings. The molecule has 1 aromatic carbocycles. The highest BCUT2D eigenvalue weighted by molar-refractivity contribution is 9.10. The molecule has 1 N–H and O–H groups in total. The quantitative estimate of drug-likeness (QED) is 0.784. The van der Waals surface area contributed by atoms with Gasteiger partial charge in [-0.1, -0.05) is 13.3 Å². The molecule has 0 aromatic heterocycles. The number of hydrogen-bond acceptors (Lipinski definition) is 3. The van der Waals surface area contributed by atoms with Crippen LogP contribution in [0.4, 0.5) is 0 Å². The number of halogens is 1. The summed E-state index contributed by atoms with van der Waals surface area (Å²) in [5, 5.41) is 8.63. The van der Waals surface area contributed by atoms with Gasteiger partial charge < -0.3 is 14.6 Å². The first kappa shape index (κ1) is 13.3. The second-order valence-corrected chi connectivity index (χ2v) is 4.22. The van der Waals surface area contributed by atoms with Gasteiger partial charge in [-0.05, 0) is 40.5 Å². The van der Waals surface area contributed by atoms with Crippen LogP contribution in [0, 0.1) is 0 Å². The molecule has 0 spiro atoms. The number of ether oxygens (including phenoxy) is 2. The molecular weight excluding hydrogens is 272 g/mol. The molecule has 16 heavy (non-hydrogen) atoms. The third-order valence-electron chi connectivity index (χ3n) is 2.02. The van der Waals surface area contributed by atoms with Gasteiger partial charge in [0.25, 0.3) is 0 Å². The predicted molar refractivity (Wildman–Crippen MR) is 67.1 cm³/mol. The Bertz CT molecular complexity index is 315. The minimum absolute atomic E-state index is 0.0202. The summed E-state index contributed by atoms with van der Waals surface area (Å²) >= 11 is 3.42. The van der Waals surface area contributed by atoms with Gasteiger partial charge in [-0.3, -0.25) is 0 Å². The van der Waals surface area contributed by atoms with Crippen LogP contribution < -0.4 is 9.47 Å². The van der Waals surface area contributed by atoms with Gasteiger partial charge in [0.1, 0.15) is 18.1 Å². The fraction of sp³-hybridized carbons (Fsp3) is 0.500. The Morgan fingerprint density at radius 3 is 2.69 bits per heavy atom. The first-order chi connectivity index (χ1) is 7.77. The lowest BCUT2D eigenvalue weighted by Crippen LogP contribution is -2.02. The van der Waals surface area contributed by atoms with Gasteiger partial charge >= 0.3 is 0 Å². The third kappa shape index (κ3) is 4.41. The minimum Gasteiger partial charge on any atom is -0.492 e. The molecular formula is C12H17BrO3. The molecule has 4 heteroatoms. The standard InChI is InChI=1S/C12H17BrO3/c1-2-3-7-16-12-5-4-10(9-11(12)13)15-8-6-14/h4-5,9,14H,2-3,6-8H2,1H3. The topological polar surface area (TPSA) is 38.7 Å². The van der Waals surface area contributed by atoms with Crippen molar-refractivity contribution in [3.63, 3.8) is 0 Å². The molecule has 1 rings (SSSR count). The van der Waals surface area contributed by atoms with E-state index in [1.807, 2.05) is 18.2 Å². The van der Waals surface area contributed by atoms with E-state index in [2.05, 4.69) is 22.9 Å². The van der Waals surface area contributed by atoms with Crippen LogP contribution in [0.2, 0.25) is 0 Å². The van der Waals surface area contributed by atoms with E-state index in [9.17, 15) is 0 Å². The van der Waals surface area contributed by atoms with Gasteiger partial charge in [-0.2, -0.15) is 0 Å². The van der Waals surface area contributed by atoms with Crippen molar-refractivity contribution in [2.75, 3.05) is 19.8 Å². The number of unbranched alkanes of at least 4 members (excludes halogenated alkanes) is 1. The van der Waals surface area contributed by atoms with Gasteiger partial charge in [0.15, 0.2) is 0 Å². The molecule has 0 bridgehead atoms. The smallest absolute Gasteiger partial charge is 0.133 e. The van der Waals surface area contributed by atoms with Crippen LogP contribution >= 0.6 is 15.9 Å². The van der Waals surface area contributed by atoms with E-state index in [-0.39, 0.29) is 6.61 Å². The zero-order valence-corrected chi connectivity index (χ0v) is 11.0. The van der Waals surface area contributed by atoms with Crippen molar-refractivity contribution in [2.45, 2.75) is 19.8 Å². The number of rotatable bonds is 7. The fourth-order valence-corrected chi connectivity index (χ4v) is 1.65. The van der Waals surface area contributed by atoms with Gasteiger partial charge in [0, 0.05) is 0 Å². The van der Waals surface area contributed by atoms with Crippen molar-refractivity contribution in [1.29, 1.82) is 0 Å². The van der Waals surface area contributed by atoms with Crippen LogP contribution in [0.3, 0.4) is 0 Å². The molecule has 0 atom stereocenters. The molecule has 0 heterocycles. The number of hydrogen-bond donors (Lipinski definition) is 1. The van der Waals surface area contributed by atoms with E-state index in [0.717, 1.165) is 35.4 Å². The van der Waals surface area contributed by atoms with E-state index in [1.165, 1.54) is 0 Å². The average molecular weight is 289 g/mol. The van der Waals surface area contributed by atoms with Crippen LogP contribution in [0.15, 0.2) is 22.7 Å². The maximum atomic E-state index is 8.63. The predicted octanol–water partition coefficient (Wildman–Crippen LogP) is 3.00. The molecule has 0 aliphatic carbocycles. The Kier molecular flexibility index (Phi) is 6.26. The monoisotopic (exact) mass is 288 g/mol. The summed E-state index contributed by atoms with van der Waals surface area (Å²) in [5.74, 6) is 1.55. The molecule has 0 saturated heterocycles. The average Bonchev–Trinajstić information content (AvgIpc) is 2.29. The van der Waals surface area contributed by atoms with E-state index in [1.54, 1.807) is 0 Å². The van der Waals surface area contributed by atoms with Gasteiger partial charge in [-0.15, -0.1) is 0 Å². The summed E-state index contributed by atoms with van der Waals surface area (Å²) in [5.41, 5.74) is 0. The lowest BCUT2D eigenvalue weighted by Gasteiger charge is -2.09. The molecule has 0 radical (unpaired) electrons. The Hall–Kier alpha value is -0.740. The molecule has 0 unspecified atom stereocenters. The summed E-state index contributed by atoms with van der Waals surface area (Å²) in [7, 11) is 0. The molecule has 3 nitrogen and oxygen atoms in total. The summed E-state index contributed by atoms with van der Waals surface area (Å²) in [6, 6.07) is 5.55. The Morgan fingerprint density at radius 2 is 2.06 bits per heavy atom. The van der Waals surface area contributed by atoms with Crippen LogP contribution in [-0.4, -0.2) is 24.9 Å². The van der Waals surface area contributed by atoms with Crippen molar-refractivity contribution in [1.82, 2.24) is 0 Å². The summed E-state index contributed by atoms with van der Waals surface area (Å²) in [6.45, 7) is 3.19. The Morgan fingerprint density at radius 1 is 1.25 bits per heavy atom. The van der Waals surface area contributed by atoms with Crippen LogP contribution in [0.1, 0.15) is 19.8 Å². The normalized spacial score (nSPS) is 10.2. The lowest BCUT2D eigenvalue weighted by atomic mass is 10.3. The SMILES string of the molecule is CCCCOc1ccc(OCCO)cc1Br. The van der Waals surface area contributed by atoms with Crippen molar-refractivity contribution in [3.8, 4) is 11.5 Å². The molecule has 0 aliphatic heterocycles. The van der Waals surface area contributed by atoms with Crippen LogP contribution in [-0.2, 0) is 0 Å². The van der Waals surface area contributed by atoms with E-state index >= 15 is 0 Å². The summed E-state index contributed by atoms with van der Waals surface area (Å²) in [6.07, 6.45) is 2.17. The first-order valence-corrected chi connectivity index (χ1v) is 6.23. The van der Waals surface area contributed by atoms with E-state index < -0.39 is 0 Å². The largest absolute Gasteiger partial charge is 0.492 e. The van der Waals surface area contributed by atoms with Gasteiger partial charge in [-0.25, -0.2) is 0 Å². The number of aliphatic hydroxyl groups excluding tert-OH is 1. The summed E-state index contributed by atoms with van der Waals surface area (Å²) < 4.78 is 11.7. The lowest BCUT2D eigenvalue weighted by molar-refractivity contribution is 0.201. The Balaban J connectivity index is 2.53. The van der Waals surface area contributed by atoms with Gasteiger partial charge in [0.05, 0.1) is 17.7 Å². The van der Waals surface area contributed by atoms with Gasteiger partial charge in [0.2, 0.25) is 0 Å². The maximum Gasteiger partial charge on any atom is 0.133 e. The molecule has 1 aromatic rings. The Labute approximate surface area is 105 Å². The molecule has 0 fully saturated rings. The molecule has 90 valence electrons. The second-order valence-electron chi connectivity index (χ2n) is 3.37. The highest BCUT2D eigenvalue weighted by atomic mass is 79.9. The zero-order valence-electron chi connectivity index (χ0n) is 9.41. The number of aliphatic hydroxyl groups is 1. The molecule has 0 saturated carbocycles. The zero-order chi connectivity index (χ0) is 11.8. The summed E-state index contributed by atoms with van der Waals surface area (Å²) in [4.78, 5) is 0. The van der Waals surface area contributed by atoms with Crippen molar-refractivity contribution < 1.29 is 14.6 Å². The highest BCUT2D eigenvalue weighted by Crippen LogP contribution is 2.29. The minimum atomic E-state index is 0.0202. The van der Waals surface area contributed by atoms with Crippen LogP contribution in [0.25, 0.3) is 0 Å². The maximum absolute atomic E-state index is 8.63. The number of benzene rings is 1. The fourth-order valence-electron chi connectivity index (χ4n) is 1.18. The van der Waals surface area contributed by atoms with E-state index in [4.69, 9.17) is 14.6 Å². The molecule has 0 amide bonds. The van der Waals surface area contributed by atoms with Crippen molar-refractivity contribution >= 4 is 15.9 Å². The van der Waals surface area contributed by atoms with Crippen LogP contribution in [0.5, 0.6) is 11.5 Å². The van der Waals surface area contributed by atoms with Crippen molar-refractivity contribution in [3.05, 3.63) is 22.7 Å². The van der Waals surface area contributed by atoms with E-state index in [0.29, 0.717) is 6.61 Å². The van der Waals surface area contributed by atoms with Crippen molar-refractivity contribution in [2.24, 2.45) is 0 Å². The first-order valence-electron chi connectivity index (χ1n) is 5.44.